The predicted molar refractivity (Wildman–Crippen MR) is 70.4 cm³/mol. The van der Waals surface area contributed by atoms with Gasteiger partial charge in [0.25, 0.3) is 5.91 Å². The molecule has 5 heteroatoms. The van der Waals surface area contributed by atoms with E-state index in [2.05, 4.69) is 43.2 Å². The van der Waals surface area contributed by atoms with Gasteiger partial charge in [0.2, 0.25) is 0 Å². The van der Waals surface area contributed by atoms with E-state index >= 15 is 0 Å². The molecule has 18 heavy (non-hydrogen) atoms. The molecule has 0 atom stereocenters. The fourth-order valence-corrected chi connectivity index (χ4v) is 2.67. The lowest BCUT2D eigenvalue weighted by Gasteiger charge is -2.05. The van der Waals surface area contributed by atoms with Crippen molar-refractivity contribution in [3.8, 4) is 0 Å². The van der Waals surface area contributed by atoms with Gasteiger partial charge in [0, 0.05) is 6.54 Å². The molecule has 0 unspecified atom stereocenters. The number of nitrogens with one attached hydrogen (secondary N) is 1. The molecule has 0 bridgehead atoms. The van der Waals surface area contributed by atoms with Crippen LogP contribution in [0.2, 0.25) is 5.15 Å². The third-order valence-corrected chi connectivity index (χ3v) is 4.85. The molecule has 1 aliphatic carbocycles. The van der Waals surface area contributed by atoms with E-state index in [0.717, 1.165) is 0 Å². The van der Waals surface area contributed by atoms with Crippen LogP contribution in [0.1, 0.15) is 38.2 Å². The standard InChI is InChI=1S/C13H18ClN3O/c1-12(2)9(13(12,3)4)7-15-11(18)8-5-6-10(14)17-16-8/h5-6,9H,7H2,1-4H3,(H,15,18). The van der Waals surface area contributed by atoms with Crippen LogP contribution in [-0.4, -0.2) is 22.6 Å². The van der Waals surface area contributed by atoms with Gasteiger partial charge in [0.05, 0.1) is 0 Å². The Morgan fingerprint density at radius 2 is 1.89 bits per heavy atom. The minimum Gasteiger partial charge on any atom is -0.350 e. The number of rotatable bonds is 3. The zero-order valence-electron chi connectivity index (χ0n) is 11.1. The van der Waals surface area contributed by atoms with Gasteiger partial charge in [-0.25, -0.2) is 0 Å². The normalized spacial score (nSPS) is 20.5. The quantitative estimate of drug-likeness (QED) is 0.916. The molecule has 0 aromatic carbocycles. The lowest BCUT2D eigenvalue weighted by atomic mass is 10.0. The van der Waals surface area contributed by atoms with Crippen LogP contribution in [0.25, 0.3) is 0 Å². The van der Waals surface area contributed by atoms with Crippen molar-refractivity contribution in [1.29, 1.82) is 0 Å². The van der Waals surface area contributed by atoms with Gasteiger partial charge >= 0.3 is 0 Å². The van der Waals surface area contributed by atoms with Crippen LogP contribution in [0.3, 0.4) is 0 Å². The van der Waals surface area contributed by atoms with E-state index in [-0.39, 0.29) is 21.9 Å². The van der Waals surface area contributed by atoms with Gasteiger partial charge in [-0.2, -0.15) is 0 Å². The third-order valence-electron chi connectivity index (χ3n) is 4.65. The van der Waals surface area contributed by atoms with E-state index < -0.39 is 0 Å². The highest BCUT2D eigenvalue weighted by Gasteiger charge is 2.64. The maximum absolute atomic E-state index is 11.9. The highest BCUT2D eigenvalue weighted by atomic mass is 35.5. The van der Waals surface area contributed by atoms with E-state index in [9.17, 15) is 4.79 Å². The van der Waals surface area contributed by atoms with Crippen molar-refractivity contribution in [3.05, 3.63) is 23.0 Å². The van der Waals surface area contributed by atoms with Gasteiger partial charge < -0.3 is 5.32 Å². The summed E-state index contributed by atoms with van der Waals surface area (Å²) in [5, 5.41) is 10.6. The SMILES string of the molecule is CC1(C)C(CNC(=O)c2ccc(Cl)nn2)C1(C)C. The number of halogens is 1. The molecular weight excluding hydrogens is 250 g/mol. The van der Waals surface area contributed by atoms with Crippen LogP contribution in [-0.2, 0) is 0 Å². The lowest BCUT2D eigenvalue weighted by Crippen LogP contribution is -2.28. The summed E-state index contributed by atoms with van der Waals surface area (Å²) in [6.07, 6.45) is 0. The smallest absolute Gasteiger partial charge is 0.271 e. The maximum Gasteiger partial charge on any atom is 0.271 e. The second-order valence-corrected chi connectivity index (χ2v) is 6.33. The summed E-state index contributed by atoms with van der Waals surface area (Å²) in [4.78, 5) is 11.9. The molecule has 1 fully saturated rings. The Balaban J connectivity index is 1.92. The molecule has 1 heterocycles. The Bertz CT molecular complexity index is 454. The van der Waals surface area contributed by atoms with Crippen molar-refractivity contribution in [2.45, 2.75) is 27.7 Å². The number of carbonyl (C=O) groups excluding carboxylic acids is 1. The highest BCUT2D eigenvalue weighted by molar-refractivity contribution is 6.29. The monoisotopic (exact) mass is 267 g/mol. The molecule has 1 saturated carbocycles. The summed E-state index contributed by atoms with van der Waals surface area (Å²) in [6, 6.07) is 3.14. The third kappa shape index (κ3) is 2.09. The molecule has 98 valence electrons. The van der Waals surface area contributed by atoms with Crippen LogP contribution in [0, 0.1) is 16.7 Å². The predicted octanol–water partition coefficient (Wildman–Crippen LogP) is 2.54. The van der Waals surface area contributed by atoms with E-state index in [1.54, 1.807) is 12.1 Å². The molecule has 1 N–H and O–H groups in total. The van der Waals surface area contributed by atoms with Crippen LogP contribution in [0.5, 0.6) is 0 Å². The van der Waals surface area contributed by atoms with Crippen molar-refractivity contribution in [1.82, 2.24) is 15.5 Å². The molecule has 1 aliphatic rings. The fraction of sp³-hybridized carbons (Fsp3) is 0.615. The summed E-state index contributed by atoms with van der Waals surface area (Å²) in [6.45, 7) is 9.58. The topological polar surface area (TPSA) is 54.9 Å². The molecule has 2 rings (SSSR count). The van der Waals surface area contributed by atoms with E-state index in [4.69, 9.17) is 11.6 Å². The number of hydrogen-bond acceptors (Lipinski definition) is 3. The minimum atomic E-state index is -0.197. The van der Waals surface area contributed by atoms with Crippen molar-refractivity contribution >= 4 is 17.5 Å². The van der Waals surface area contributed by atoms with Crippen molar-refractivity contribution in [2.75, 3.05) is 6.54 Å². The minimum absolute atomic E-state index is 0.197. The van der Waals surface area contributed by atoms with E-state index in [0.29, 0.717) is 18.2 Å². The first-order valence-electron chi connectivity index (χ1n) is 6.04. The first kappa shape index (κ1) is 13.3. The van der Waals surface area contributed by atoms with Gasteiger partial charge in [-0.3, -0.25) is 4.79 Å². The Morgan fingerprint density at radius 1 is 1.28 bits per heavy atom. The summed E-state index contributed by atoms with van der Waals surface area (Å²) in [5.41, 5.74) is 0.841. The van der Waals surface area contributed by atoms with Gasteiger partial charge in [-0.05, 0) is 28.9 Å². The number of hydrogen-bond donors (Lipinski definition) is 1. The fourth-order valence-electron chi connectivity index (χ4n) is 2.57. The highest BCUT2D eigenvalue weighted by Crippen LogP contribution is 2.67. The van der Waals surface area contributed by atoms with Crippen LogP contribution < -0.4 is 5.32 Å². The average Bonchev–Trinajstić information content (AvgIpc) is 2.67. The van der Waals surface area contributed by atoms with Gasteiger partial charge in [0.15, 0.2) is 10.8 Å². The number of aromatic nitrogens is 2. The van der Waals surface area contributed by atoms with E-state index in [1.165, 1.54) is 0 Å². The van der Waals surface area contributed by atoms with Gasteiger partial charge in [-0.1, -0.05) is 39.3 Å². The van der Waals surface area contributed by atoms with Crippen LogP contribution in [0.4, 0.5) is 0 Å². The second-order valence-electron chi connectivity index (χ2n) is 5.95. The molecule has 0 radical (unpaired) electrons. The number of nitrogens with zero attached hydrogens (tertiary/aromatic N) is 2. The van der Waals surface area contributed by atoms with Gasteiger partial charge in [-0.15, -0.1) is 10.2 Å². The molecule has 1 aromatic rings. The molecule has 0 spiro atoms. The summed E-state index contributed by atoms with van der Waals surface area (Å²) in [7, 11) is 0. The van der Waals surface area contributed by atoms with E-state index in [1.807, 2.05) is 0 Å². The average molecular weight is 268 g/mol. The second kappa shape index (κ2) is 4.19. The van der Waals surface area contributed by atoms with Crippen LogP contribution in [0.15, 0.2) is 12.1 Å². The summed E-state index contributed by atoms with van der Waals surface area (Å²) >= 11 is 5.62. The first-order chi connectivity index (χ1) is 8.26. The molecule has 1 amide bonds. The van der Waals surface area contributed by atoms with Crippen molar-refractivity contribution in [3.63, 3.8) is 0 Å². The van der Waals surface area contributed by atoms with Crippen LogP contribution >= 0.6 is 11.6 Å². The zero-order valence-corrected chi connectivity index (χ0v) is 11.9. The first-order valence-corrected chi connectivity index (χ1v) is 6.42. The lowest BCUT2D eigenvalue weighted by molar-refractivity contribution is 0.0944. The molecule has 1 aromatic heterocycles. The Labute approximate surface area is 112 Å². The molecule has 0 aliphatic heterocycles. The molecule has 4 nitrogen and oxygen atoms in total. The van der Waals surface area contributed by atoms with Gasteiger partial charge in [0.1, 0.15) is 0 Å². The Kier molecular flexibility index (Phi) is 3.09. The van der Waals surface area contributed by atoms with Crippen molar-refractivity contribution < 1.29 is 4.79 Å². The maximum atomic E-state index is 11.9. The Hall–Kier alpha value is -1.16. The zero-order chi connectivity index (χ0) is 13.6. The summed E-state index contributed by atoms with van der Waals surface area (Å²) in [5.74, 6) is 0.298. The number of carbonyl (C=O) groups is 1. The molecule has 0 saturated heterocycles. The number of amides is 1. The summed E-state index contributed by atoms with van der Waals surface area (Å²) < 4.78 is 0. The largest absolute Gasteiger partial charge is 0.350 e. The van der Waals surface area contributed by atoms with Crippen molar-refractivity contribution in [2.24, 2.45) is 16.7 Å². The molecular formula is C13H18ClN3O. The Morgan fingerprint density at radius 3 is 2.33 bits per heavy atom.